The largest absolute Gasteiger partial charge is 0.464 e. The number of esters is 1. The summed E-state index contributed by atoms with van der Waals surface area (Å²) in [6.45, 7) is 5.34. The molecule has 0 aromatic rings. The zero-order valence-corrected chi connectivity index (χ0v) is 8.73. The van der Waals surface area contributed by atoms with Gasteiger partial charge in [-0.2, -0.15) is 0 Å². The molecular weight excluding hydrogens is 194 g/mol. The second-order valence-electron chi connectivity index (χ2n) is 2.88. The van der Waals surface area contributed by atoms with Crippen LogP contribution >= 0.6 is 12.4 Å². The summed E-state index contributed by atoms with van der Waals surface area (Å²) < 4.78 is 10.1. The molecule has 0 aromatic heterocycles. The van der Waals surface area contributed by atoms with E-state index in [9.17, 15) is 4.79 Å². The maximum Gasteiger partial charge on any atom is 0.336 e. The van der Waals surface area contributed by atoms with Crippen LogP contribution in [0.5, 0.6) is 0 Å². The molecule has 0 unspecified atom stereocenters. The smallest absolute Gasteiger partial charge is 0.336 e. The van der Waals surface area contributed by atoms with E-state index in [4.69, 9.17) is 9.47 Å². The SMILES string of the molecule is CCOC(=O)[C@@H]1CN[C@H](C)CO1.Cl. The summed E-state index contributed by atoms with van der Waals surface area (Å²) in [5, 5.41) is 3.15. The lowest BCUT2D eigenvalue weighted by Crippen LogP contribution is -2.48. The van der Waals surface area contributed by atoms with E-state index < -0.39 is 6.10 Å². The second kappa shape index (κ2) is 6.18. The minimum atomic E-state index is -0.416. The van der Waals surface area contributed by atoms with Crippen LogP contribution in [0.2, 0.25) is 0 Å². The third kappa shape index (κ3) is 3.93. The van der Waals surface area contributed by atoms with E-state index in [2.05, 4.69) is 5.32 Å². The molecule has 1 aliphatic rings. The van der Waals surface area contributed by atoms with Crippen LogP contribution in [0.1, 0.15) is 13.8 Å². The molecule has 0 radical (unpaired) electrons. The Morgan fingerprint density at radius 3 is 2.85 bits per heavy atom. The molecule has 78 valence electrons. The molecule has 1 rings (SSSR count). The first-order valence-corrected chi connectivity index (χ1v) is 4.25. The van der Waals surface area contributed by atoms with Crippen molar-refractivity contribution in [3.8, 4) is 0 Å². The first-order valence-electron chi connectivity index (χ1n) is 4.25. The van der Waals surface area contributed by atoms with Crippen molar-refractivity contribution in [2.45, 2.75) is 26.0 Å². The van der Waals surface area contributed by atoms with Crippen molar-refractivity contribution in [2.24, 2.45) is 0 Å². The van der Waals surface area contributed by atoms with Gasteiger partial charge in [0.05, 0.1) is 13.2 Å². The standard InChI is InChI=1S/C8H15NO3.ClH/c1-3-11-8(10)7-4-9-6(2)5-12-7;/h6-7,9H,3-5H2,1-2H3;1H/t6-,7+;/m1./s1. The first kappa shape index (κ1) is 12.7. The molecule has 4 nitrogen and oxygen atoms in total. The lowest BCUT2D eigenvalue weighted by atomic mass is 10.2. The Hall–Kier alpha value is -0.320. The summed E-state index contributed by atoms with van der Waals surface area (Å²) in [5.41, 5.74) is 0. The third-order valence-corrected chi connectivity index (χ3v) is 1.75. The Balaban J connectivity index is 0.00000144. The molecular formula is C8H16ClNO3. The second-order valence-corrected chi connectivity index (χ2v) is 2.88. The number of halogens is 1. The Morgan fingerprint density at radius 1 is 1.69 bits per heavy atom. The van der Waals surface area contributed by atoms with Gasteiger partial charge in [-0.05, 0) is 13.8 Å². The molecule has 1 heterocycles. The Kier molecular flexibility index (Phi) is 6.03. The summed E-state index contributed by atoms with van der Waals surface area (Å²) in [6.07, 6.45) is -0.416. The molecule has 0 spiro atoms. The minimum Gasteiger partial charge on any atom is -0.464 e. The average Bonchev–Trinajstić information content (AvgIpc) is 2.06. The number of morpholine rings is 1. The summed E-state index contributed by atoms with van der Waals surface area (Å²) >= 11 is 0. The molecule has 0 amide bonds. The van der Waals surface area contributed by atoms with Gasteiger partial charge in [0.15, 0.2) is 6.10 Å². The van der Waals surface area contributed by atoms with Gasteiger partial charge in [-0.1, -0.05) is 0 Å². The van der Waals surface area contributed by atoms with Gasteiger partial charge in [0, 0.05) is 12.6 Å². The van der Waals surface area contributed by atoms with E-state index in [0.29, 0.717) is 25.8 Å². The number of ether oxygens (including phenoxy) is 2. The number of rotatable bonds is 2. The maximum atomic E-state index is 11.1. The average molecular weight is 210 g/mol. The highest BCUT2D eigenvalue weighted by Crippen LogP contribution is 2.02. The van der Waals surface area contributed by atoms with Gasteiger partial charge in [-0.25, -0.2) is 4.79 Å². The van der Waals surface area contributed by atoms with Crippen molar-refractivity contribution in [3.05, 3.63) is 0 Å². The minimum absolute atomic E-state index is 0. The van der Waals surface area contributed by atoms with Gasteiger partial charge in [-0.15, -0.1) is 12.4 Å². The van der Waals surface area contributed by atoms with Gasteiger partial charge in [0.1, 0.15) is 0 Å². The highest BCUT2D eigenvalue weighted by Gasteiger charge is 2.25. The summed E-state index contributed by atoms with van der Waals surface area (Å²) in [6, 6.07) is 0.329. The van der Waals surface area contributed by atoms with Crippen LogP contribution < -0.4 is 5.32 Å². The molecule has 5 heteroatoms. The number of carbonyl (C=O) groups is 1. The first-order chi connectivity index (χ1) is 5.74. The molecule has 13 heavy (non-hydrogen) atoms. The van der Waals surface area contributed by atoms with Gasteiger partial charge >= 0.3 is 5.97 Å². The van der Waals surface area contributed by atoms with Crippen molar-refractivity contribution in [1.82, 2.24) is 5.32 Å². The van der Waals surface area contributed by atoms with E-state index in [1.54, 1.807) is 6.92 Å². The van der Waals surface area contributed by atoms with Crippen LogP contribution in [-0.2, 0) is 14.3 Å². The van der Waals surface area contributed by atoms with Crippen molar-refractivity contribution in [3.63, 3.8) is 0 Å². The summed E-state index contributed by atoms with van der Waals surface area (Å²) in [7, 11) is 0. The summed E-state index contributed by atoms with van der Waals surface area (Å²) in [4.78, 5) is 11.1. The number of hydrogen-bond acceptors (Lipinski definition) is 4. The molecule has 1 saturated heterocycles. The molecule has 0 bridgehead atoms. The van der Waals surface area contributed by atoms with E-state index in [1.165, 1.54) is 0 Å². The van der Waals surface area contributed by atoms with Crippen molar-refractivity contribution in [2.75, 3.05) is 19.8 Å². The van der Waals surface area contributed by atoms with E-state index in [-0.39, 0.29) is 18.4 Å². The fraction of sp³-hybridized carbons (Fsp3) is 0.875. The number of carbonyl (C=O) groups excluding carboxylic acids is 1. The maximum absolute atomic E-state index is 11.1. The van der Waals surface area contributed by atoms with Gasteiger partial charge < -0.3 is 14.8 Å². The van der Waals surface area contributed by atoms with Crippen molar-refractivity contribution >= 4 is 18.4 Å². The van der Waals surface area contributed by atoms with Crippen LogP contribution in [0.25, 0.3) is 0 Å². The van der Waals surface area contributed by atoms with Crippen LogP contribution in [-0.4, -0.2) is 37.9 Å². The van der Waals surface area contributed by atoms with Crippen LogP contribution in [0, 0.1) is 0 Å². The fourth-order valence-electron chi connectivity index (χ4n) is 1.07. The van der Waals surface area contributed by atoms with E-state index >= 15 is 0 Å². The Morgan fingerprint density at radius 2 is 2.38 bits per heavy atom. The van der Waals surface area contributed by atoms with Gasteiger partial charge in [-0.3, -0.25) is 0 Å². The van der Waals surface area contributed by atoms with Crippen LogP contribution in [0.4, 0.5) is 0 Å². The Labute approximate surface area is 84.4 Å². The highest BCUT2D eigenvalue weighted by atomic mass is 35.5. The van der Waals surface area contributed by atoms with E-state index in [0.717, 1.165) is 0 Å². The normalized spacial score (nSPS) is 27.5. The lowest BCUT2D eigenvalue weighted by molar-refractivity contribution is -0.159. The van der Waals surface area contributed by atoms with Crippen molar-refractivity contribution < 1.29 is 14.3 Å². The zero-order chi connectivity index (χ0) is 8.97. The van der Waals surface area contributed by atoms with Gasteiger partial charge in [0.2, 0.25) is 0 Å². The molecule has 0 aliphatic carbocycles. The number of hydrogen-bond donors (Lipinski definition) is 1. The van der Waals surface area contributed by atoms with Crippen molar-refractivity contribution in [1.29, 1.82) is 0 Å². The predicted molar refractivity (Wildman–Crippen MR) is 51.1 cm³/mol. The quantitative estimate of drug-likeness (QED) is 0.667. The molecule has 0 aromatic carbocycles. The van der Waals surface area contributed by atoms with Crippen LogP contribution in [0.15, 0.2) is 0 Å². The topological polar surface area (TPSA) is 47.6 Å². The monoisotopic (exact) mass is 209 g/mol. The zero-order valence-electron chi connectivity index (χ0n) is 7.91. The van der Waals surface area contributed by atoms with Crippen LogP contribution in [0.3, 0.4) is 0 Å². The molecule has 1 aliphatic heterocycles. The highest BCUT2D eigenvalue weighted by molar-refractivity contribution is 5.85. The third-order valence-electron chi connectivity index (χ3n) is 1.75. The predicted octanol–water partition coefficient (Wildman–Crippen LogP) is 0.348. The van der Waals surface area contributed by atoms with Gasteiger partial charge in [0.25, 0.3) is 0 Å². The molecule has 1 N–H and O–H groups in total. The molecule has 1 fully saturated rings. The number of nitrogens with one attached hydrogen (secondary N) is 1. The summed E-state index contributed by atoms with van der Waals surface area (Å²) in [5.74, 6) is -0.267. The molecule has 2 atom stereocenters. The molecule has 0 saturated carbocycles. The van der Waals surface area contributed by atoms with E-state index in [1.807, 2.05) is 6.92 Å². The lowest BCUT2D eigenvalue weighted by Gasteiger charge is -2.26. The fourth-order valence-corrected chi connectivity index (χ4v) is 1.07. The Bertz CT molecular complexity index is 157.